The van der Waals surface area contributed by atoms with Crippen molar-refractivity contribution >= 4 is 33.7 Å². The van der Waals surface area contributed by atoms with Gasteiger partial charge in [0.25, 0.3) is 0 Å². The molecule has 3 rings (SSSR count). The van der Waals surface area contributed by atoms with Gasteiger partial charge in [-0.3, -0.25) is 0 Å². The minimum atomic E-state index is -3.74. The lowest BCUT2D eigenvalue weighted by Gasteiger charge is -2.09. The fraction of sp³-hybridized carbons (Fsp3) is 0.0870. The van der Waals surface area contributed by atoms with Crippen LogP contribution in [0.15, 0.2) is 82.6 Å². The summed E-state index contributed by atoms with van der Waals surface area (Å²) < 4.78 is 38.8. The van der Waals surface area contributed by atoms with Gasteiger partial charge in [0, 0.05) is 12.2 Å². The van der Waals surface area contributed by atoms with E-state index < -0.39 is 15.9 Å². The summed E-state index contributed by atoms with van der Waals surface area (Å²) in [5.41, 5.74) is 2.04. The molecular weight excluding hydrogens is 403 g/mol. The van der Waals surface area contributed by atoms with Crippen LogP contribution in [0.1, 0.15) is 18.1 Å². The van der Waals surface area contributed by atoms with Crippen LogP contribution in [0.25, 0.3) is 12.2 Å². The number of benzene rings is 3. The van der Waals surface area contributed by atoms with Gasteiger partial charge in [-0.25, -0.2) is 17.6 Å². The lowest BCUT2D eigenvalue weighted by Crippen LogP contribution is -2.28. The number of urea groups is 1. The first-order valence-electron chi connectivity index (χ1n) is 9.32. The van der Waals surface area contributed by atoms with Crippen LogP contribution in [0.4, 0.5) is 14.9 Å². The molecule has 2 N–H and O–H groups in total. The Kier molecular flexibility index (Phi) is 6.64. The molecule has 3 aromatic rings. The molecule has 0 unspecified atom stereocenters. The minimum absolute atomic E-state index is 0.0893. The Morgan fingerprint density at radius 2 is 1.50 bits per heavy atom. The number of rotatable bonds is 6. The van der Waals surface area contributed by atoms with Gasteiger partial charge >= 0.3 is 6.03 Å². The molecule has 3 aromatic carbocycles. The van der Waals surface area contributed by atoms with Gasteiger partial charge in [-0.05, 0) is 60.5 Å². The molecule has 0 spiro atoms. The van der Waals surface area contributed by atoms with Gasteiger partial charge in [-0.2, -0.15) is 0 Å². The van der Waals surface area contributed by atoms with E-state index in [1.54, 1.807) is 43.3 Å². The predicted octanol–water partition coefficient (Wildman–Crippen LogP) is 4.97. The van der Waals surface area contributed by atoms with Crippen molar-refractivity contribution in [3.05, 3.63) is 89.7 Å². The Balaban J connectivity index is 1.78. The average molecular weight is 424 g/mol. The van der Waals surface area contributed by atoms with Crippen LogP contribution >= 0.6 is 0 Å². The van der Waals surface area contributed by atoms with Gasteiger partial charge in [0.1, 0.15) is 5.82 Å². The molecule has 7 heteroatoms. The summed E-state index contributed by atoms with van der Waals surface area (Å²) in [6.45, 7) is 2.25. The molecule has 2 amide bonds. The zero-order valence-corrected chi connectivity index (χ0v) is 17.1. The standard InChI is InChI=1S/C23H21FN2O3S/c1-2-25-23(27)26-20-4-3-5-22(16-20)30(28,29)21-14-10-18(11-15-21)7-6-17-8-12-19(24)13-9-17/h3-16H,2H2,1H3,(H2,25,26,27)/b7-6+. The van der Waals surface area contributed by atoms with Crippen molar-refractivity contribution in [1.82, 2.24) is 5.32 Å². The maximum absolute atomic E-state index is 13.0. The molecule has 0 saturated carbocycles. The van der Waals surface area contributed by atoms with Crippen molar-refractivity contribution in [2.45, 2.75) is 16.7 Å². The minimum Gasteiger partial charge on any atom is -0.338 e. The van der Waals surface area contributed by atoms with Gasteiger partial charge in [0.05, 0.1) is 9.79 Å². The van der Waals surface area contributed by atoms with Crippen LogP contribution in [0.3, 0.4) is 0 Å². The second-order valence-corrected chi connectivity index (χ2v) is 8.42. The SMILES string of the molecule is CCNC(=O)Nc1cccc(S(=O)(=O)c2ccc(/C=C/c3ccc(F)cc3)cc2)c1. The number of hydrogen-bond donors (Lipinski definition) is 2. The van der Waals surface area contributed by atoms with E-state index >= 15 is 0 Å². The van der Waals surface area contributed by atoms with E-state index in [0.717, 1.165) is 11.1 Å². The van der Waals surface area contributed by atoms with E-state index in [1.165, 1.54) is 36.4 Å². The van der Waals surface area contributed by atoms with E-state index in [9.17, 15) is 17.6 Å². The molecule has 0 bridgehead atoms. The fourth-order valence-electron chi connectivity index (χ4n) is 2.74. The van der Waals surface area contributed by atoms with Crippen molar-refractivity contribution < 1.29 is 17.6 Å². The molecule has 0 saturated heterocycles. The lowest BCUT2D eigenvalue weighted by molar-refractivity contribution is 0.252. The largest absolute Gasteiger partial charge is 0.338 e. The predicted molar refractivity (Wildman–Crippen MR) is 116 cm³/mol. The van der Waals surface area contributed by atoms with Crippen molar-refractivity contribution in [2.24, 2.45) is 0 Å². The van der Waals surface area contributed by atoms with E-state index in [4.69, 9.17) is 0 Å². The molecule has 0 atom stereocenters. The van der Waals surface area contributed by atoms with E-state index in [0.29, 0.717) is 12.2 Å². The van der Waals surface area contributed by atoms with Crippen LogP contribution in [0.5, 0.6) is 0 Å². The number of anilines is 1. The maximum Gasteiger partial charge on any atom is 0.319 e. The number of amides is 2. The van der Waals surface area contributed by atoms with Gasteiger partial charge < -0.3 is 10.6 Å². The highest BCUT2D eigenvalue weighted by Crippen LogP contribution is 2.24. The molecule has 0 aliphatic heterocycles. The smallest absolute Gasteiger partial charge is 0.319 e. The number of carbonyl (C=O) groups is 1. The average Bonchev–Trinajstić information content (AvgIpc) is 2.74. The Bertz CT molecular complexity index is 1160. The van der Waals surface area contributed by atoms with Crippen LogP contribution in [-0.4, -0.2) is 21.0 Å². The van der Waals surface area contributed by atoms with E-state index in [1.807, 2.05) is 12.2 Å². The number of halogens is 1. The molecular formula is C23H21FN2O3S. The third-order valence-corrected chi connectivity index (χ3v) is 6.04. The molecule has 0 fully saturated rings. The molecule has 5 nitrogen and oxygen atoms in total. The van der Waals surface area contributed by atoms with Gasteiger partial charge in [0.15, 0.2) is 0 Å². The quantitative estimate of drug-likeness (QED) is 0.549. The summed E-state index contributed by atoms with van der Waals surface area (Å²) in [7, 11) is -3.74. The van der Waals surface area contributed by atoms with E-state index in [2.05, 4.69) is 10.6 Å². The summed E-state index contributed by atoms with van der Waals surface area (Å²) in [5.74, 6) is -0.299. The van der Waals surface area contributed by atoms with Crippen molar-refractivity contribution in [1.29, 1.82) is 0 Å². The van der Waals surface area contributed by atoms with Crippen molar-refractivity contribution in [2.75, 3.05) is 11.9 Å². The first-order valence-corrected chi connectivity index (χ1v) is 10.8. The first kappa shape index (κ1) is 21.3. The number of hydrogen-bond acceptors (Lipinski definition) is 3. The van der Waals surface area contributed by atoms with Crippen LogP contribution < -0.4 is 10.6 Å². The molecule has 0 heterocycles. The molecule has 30 heavy (non-hydrogen) atoms. The highest BCUT2D eigenvalue weighted by Gasteiger charge is 2.18. The number of sulfone groups is 1. The normalized spacial score (nSPS) is 11.4. The van der Waals surface area contributed by atoms with Crippen LogP contribution in [-0.2, 0) is 9.84 Å². The topological polar surface area (TPSA) is 75.3 Å². The second-order valence-electron chi connectivity index (χ2n) is 6.47. The molecule has 0 aromatic heterocycles. The molecule has 0 aliphatic rings. The van der Waals surface area contributed by atoms with Crippen LogP contribution in [0, 0.1) is 5.82 Å². The summed E-state index contributed by atoms with van der Waals surface area (Å²) in [5, 5.41) is 5.20. The third kappa shape index (κ3) is 5.33. The van der Waals surface area contributed by atoms with Gasteiger partial charge in [0.2, 0.25) is 9.84 Å². The number of carbonyl (C=O) groups excluding carboxylic acids is 1. The monoisotopic (exact) mass is 424 g/mol. The Morgan fingerprint density at radius 3 is 2.10 bits per heavy atom. The first-order chi connectivity index (χ1) is 14.4. The Morgan fingerprint density at radius 1 is 0.900 bits per heavy atom. The summed E-state index contributed by atoms with van der Waals surface area (Å²) in [6.07, 6.45) is 3.64. The van der Waals surface area contributed by atoms with Crippen molar-refractivity contribution in [3.8, 4) is 0 Å². The number of nitrogens with one attached hydrogen (secondary N) is 2. The van der Waals surface area contributed by atoms with Gasteiger partial charge in [-0.15, -0.1) is 0 Å². The molecule has 0 radical (unpaired) electrons. The van der Waals surface area contributed by atoms with E-state index in [-0.39, 0.29) is 15.6 Å². The summed E-state index contributed by atoms with van der Waals surface area (Å²) in [6, 6.07) is 18.2. The highest BCUT2D eigenvalue weighted by atomic mass is 32.2. The maximum atomic E-state index is 13.0. The zero-order chi connectivity index (χ0) is 21.6. The lowest BCUT2D eigenvalue weighted by atomic mass is 10.1. The van der Waals surface area contributed by atoms with Gasteiger partial charge in [-0.1, -0.05) is 42.5 Å². The second kappa shape index (κ2) is 9.37. The molecule has 0 aliphatic carbocycles. The third-order valence-electron chi connectivity index (χ3n) is 4.27. The highest BCUT2D eigenvalue weighted by molar-refractivity contribution is 7.91. The zero-order valence-electron chi connectivity index (χ0n) is 16.3. The van der Waals surface area contributed by atoms with Crippen molar-refractivity contribution in [3.63, 3.8) is 0 Å². The summed E-state index contributed by atoms with van der Waals surface area (Å²) >= 11 is 0. The fourth-order valence-corrected chi connectivity index (χ4v) is 4.04. The molecule has 154 valence electrons. The van der Waals surface area contributed by atoms with Crippen LogP contribution in [0.2, 0.25) is 0 Å². The summed E-state index contributed by atoms with van der Waals surface area (Å²) in [4.78, 5) is 11.9. The Labute approximate surface area is 175 Å². The Hall–Kier alpha value is -3.45.